The van der Waals surface area contributed by atoms with Gasteiger partial charge in [0, 0.05) is 43.1 Å². The van der Waals surface area contributed by atoms with Crippen molar-refractivity contribution in [2.45, 2.75) is 19.9 Å². The lowest BCUT2D eigenvalue weighted by molar-refractivity contribution is 0.102. The van der Waals surface area contributed by atoms with Gasteiger partial charge in [0.25, 0.3) is 5.91 Å². The molecule has 4 aromatic rings. The summed E-state index contributed by atoms with van der Waals surface area (Å²) in [7, 11) is 1.86. The van der Waals surface area contributed by atoms with E-state index in [1.807, 2.05) is 38.2 Å². The molecule has 1 aliphatic heterocycles. The molecular weight excluding hydrogens is 374 g/mol. The molecule has 0 aliphatic carbocycles. The molecule has 5 rings (SSSR count). The number of rotatable bonds is 4. The molecule has 1 N–H and O–H groups in total. The van der Waals surface area contributed by atoms with Crippen LogP contribution in [0.15, 0.2) is 60.8 Å². The molecule has 2 aromatic carbocycles. The fourth-order valence-corrected chi connectivity index (χ4v) is 4.18. The molecule has 1 aliphatic rings. The monoisotopic (exact) mass is 397 g/mol. The van der Waals surface area contributed by atoms with Gasteiger partial charge in [-0.05, 0) is 42.7 Å². The van der Waals surface area contributed by atoms with Crippen molar-refractivity contribution in [3.63, 3.8) is 0 Å². The van der Waals surface area contributed by atoms with Crippen LogP contribution in [0.5, 0.6) is 0 Å². The summed E-state index contributed by atoms with van der Waals surface area (Å²) in [6.45, 7) is 3.67. The van der Waals surface area contributed by atoms with Gasteiger partial charge in [0.2, 0.25) is 0 Å². The topological polar surface area (TPSA) is 63.1 Å². The molecule has 6 nitrogen and oxygen atoms in total. The minimum atomic E-state index is -0.165. The van der Waals surface area contributed by atoms with Gasteiger partial charge in [0.05, 0.1) is 11.3 Å². The van der Waals surface area contributed by atoms with Crippen LogP contribution in [0.4, 0.5) is 11.4 Å². The fraction of sp³-hybridized carbons (Fsp3) is 0.208. The van der Waals surface area contributed by atoms with Crippen LogP contribution in [-0.2, 0) is 20.0 Å². The van der Waals surface area contributed by atoms with E-state index in [4.69, 9.17) is 0 Å². The second kappa shape index (κ2) is 7.30. The first-order chi connectivity index (χ1) is 14.6. The van der Waals surface area contributed by atoms with E-state index in [2.05, 4.69) is 50.6 Å². The maximum absolute atomic E-state index is 13.0. The lowest BCUT2D eigenvalue weighted by atomic mass is 10.1. The normalized spacial score (nSPS) is 12.9. The fourth-order valence-electron chi connectivity index (χ4n) is 4.18. The maximum Gasteiger partial charge on any atom is 0.257 e. The van der Waals surface area contributed by atoms with Gasteiger partial charge >= 0.3 is 0 Å². The van der Waals surface area contributed by atoms with Gasteiger partial charge in [-0.25, -0.2) is 4.98 Å². The first-order valence-electron chi connectivity index (χ1n) is 10.1. The molecule has 2 aromatic heterocycles. The number of carbonyl (C=O) groups excluding carboxylic acids is 1. The maximum atomic E-state index is 13.0. The molecular formula is C24H23N5O. The summed E-state index contributed by atoms with van der Waals surface area (Å²) in [6.07, 6.45) is 2.67. The molecule has 1 amide bonds. The van der Waals surface area contributed by atoms with E-state index >= 15 is 0 Å². The number of para-hydroxylation sites is 2. The molecule has 0 saturated heterocycles. The van der Waals surface area contributed by atoms with Crippen molar-refractivity contribution in [2.75, 3.05) is 16.8 Å². The number of benzene rings is 2. The highest BCUT2D eigenvalue weighted by atomic mass is 16.1. The van der Waals surface area contributed by atoms with E-state index in [-0.39, 0.29) is 5.91 Å². The highest BCUT2D eigenvalue weighted by molar-refractivity contribution is 6.06. The predicted octanol–water partition coefficient (Wildman–Crippen LogP) is 4.09. The SMILES string of the molecule is Cc1nn(C)c2ncc(C(=O)Nc3ccccc3CN3CCc4ccccc43)cc12. The van der Waals surface area contributed by atoms with Crippen LogP contribution in [0, 0.1) is 6.92 Å². The van der Waals surface area contributed by atoms with Gasteiger partial charge in [-0.2, -0.15) is 5.10 Å². The molecule has 0 spiro atoms. The summed E-state index contributed by atoms with van der Waals surface area (Å²) >= 11 is 0. The van der Waals surface area contributed by atoms with E-state index in [9.17, 15) is 4.79 Å². The number of nitrogens with zero attached hydrogens (tertiary/aromatic N) is 4. The number of amides is 1. The quantitative estimate of drug-likeness (QED) is 0.563. The van der Waals surface area contributed by atoms with Crippen molar-refractivity contribution in [1.82, 2.24) is 14.8 Å². The number of nitrogens with one attached hydrogen (secondary N) is 1. The molecule has 0 bridgehead atoms. The zero-order chi connectivity index (χ0) is 20.7. The second-order valence-electron chi connectivity index (χ2n) is 7.72. The van der Waals surface area contributed by atoms with Gasteiger partial charge in [0.15, 0.2) is 5.65 Å². The summed E-state index contributed by atoms with van der Waals surface area (Å²) < 4.78 is 1.73. The van der Waals surface area contributed by atoms with Crippen molar-refractivity contribution in [3.05, 3.63) is 83.2 Å². The van der Waals surface area contributed by atoms with Crippen molar-refractivity contribution < 1.29 is 4.79 Å². The van der Waals surface area contributed by atoms with Gasteiger partial charge in [-0.1, -0.05) is 36.4 Å². The molecule has 0 atom stereocenters. The number of carbonyl (C=O) groups is 1. The lowest BCUT2D eigenvalue weighted by Gasteiger charge is -2.21. The van der Waals surface area contributed by atoms with E-state index in [1.54, 1.807) is 10.9 Å². The number of aromatic nitrogens is 3. The average molecular weight is 397 g/mol. The van der Waals surface area contributed by atoms with Crippen LogP contribution >= 0.6 is 0 Å². The van der Waals surface area contributed by atoms with Crippen molar-refractivity contribution in [1.29, 1.82) is 0 Å². The molecule has 0 unspecified atom stereocenters. The summed E-state index contributed by atoms with van der Waals surface area (Å²) in [5, 5.41) is 8.36. The van der Waals surface area contributed by atoms with Gasteiger partial charge in [0.1, 0.15) is 0 Å². The zero-order valence-corrected chi connectivity index (χ0v) is 17.1. The number of anilines is 2. The van der Waals surface area contributed by atoms with Gasteiger partial charge in [-0.15, -0.1) is 0 Å². The Bertz CT molecular complexity index is 1260. The zero-order valence-electron chi connectivity index (χ0n) is 17.1. The molecule has 0 radical (unpaired) electrons. The van der Waals surface area contributed by atoms with Crippen LogP contribution in [0.25, 0.3) is 11.0 Å². The lowest BCUT2D eigenvalue weighted by Crippen LogP contribution is -2.21. The summed E-state index contributed by atoms with van der Waals surface area (Å²) in [6, 6.07) is 18.4. The number of aryl methyl sites for hydroxylation is 2. The number of pyridine rings is 1. The molecule has 0 fully saturated rings. The van der Waals surface area contributed by atoms with Crippen LogP contribution in [0.2, 0.25) is 0 Å². The third-order valence-electron chi connectivity index (χ3n) is 5.74. The van der Waals surface area contributed by atoms with Crippen molar-refractivity contribution in [3.8, 4) is 0 Å². The predicted molar refractivity (Wildman–Crippen MR) is 119 cm³/mol. The standard InChI is InChI=1S/C24H23N5O/c1-16-20-13-19(14-25-23(20)28(2)27-16)24(30)26-21-9-5-3-8-18(21)15-29-12-11-17-7-4-6-10-22(17)29/h3-10,13-14H,11-12,15H2,1-2H3,(H,26,30). The van der Waals surface area contributed by atoms with Crippen LogP contribution in [0.3, 0.4) is 0 Å². The van der Waals surface area contributed by atoms with E-state index < -0.39 is 0 Å². The summed E-state index contributed by atoms with van der Waals surface area (Å²) in [5.41, 5.74) is 6.74. The van der Waals surface area contributed by atoms with Gasteiger partial charge < -0.3 is 10.2 Å². The Balaban J connectivity index is 1.40. The summed E-state index contributed by atoms with van der Waals surface area (Å²) in [5.74, 6) is -0.165. The smallest absolute Gasteiger partial charge is 0.257 e. The van der Waals surface area contributed by atoms with Crippen molar-refractivity contribution >= 4 is 28.3 Å². The number of hydrogen-bond acceptors (Lipinski definition) is 4. The largest absolute Gasteiger partial charge is 0.367 e. The molecule has 0 saturated carbocycles. The molecule has 150 valence electrons. The Morgan fingerprint density at radius 2 is 1.93 bits per heavy atom. The van der Waals surface area contributed by atoms with Crippen LogP contribution < -0.4 is 10.2 Å². The third kappa shape index (κ3) is 3.20. The molecule has 3 heterocycles. The average Bonchev–Trinajstić information content (AvgIpc) is 3.30. The van der Waals surface area contributed by atoms with Crippen LogP contribution in [0.1, 0.15) is 27.2 Å². The number of fused-ring (bicyclic) bond motifs is 2. The highest BCUT2D eigenvalue weighted by Gasteiger charge is 2.20. The highest BCUT2D eigenvalue weighted by Crippen LogP contribution is 2.30. The van der Waals surface area contributed by atoms with E-state index in [0.29, 0.717) is 5.56 Å². The number of hydrogen-bond donors (Lipinski definition) is 1. The Morgan fingerprint density at radius 1 is 1.13 bits per heavy atom. The van der Waals surface area contributed by atoms with E-state index in [1.165, 1.54) is 11.3 Å². The Labute approximate surface area is 175 Å². The summed E-state index contributed by atoms with van der Waals surface area (Å²) in [4.78, 5) is 19.8. The Kier molecular flexibility index (Phi) is 4.47. The van der Waals surface area contributed by atoms with Crippen molar-refractivity contribution in [2.24, 2.45) is 7.05 Å². The Morgan fingerprint density at radius 3 is 2.83 bits per heavy atom. The third-order valence-corrected chi connectivity index (χ3v) is 5.74. The second-order valence-corrected chi connectivity index (χ2v) is 7.72. The minimum absolute atomic E-state index is 0.165. The van der Waals surface area contributed by atoms with Gasteiger partial charge in [-0.3, -0.25) is 9.48 Å². The molecule has 6 heteroatoms. The Hall–Kier alpha value is -3.67. The molecule has 30 heavy (non-hydrogen) atoms. The first-order valence-corrected chi connectivity index (χ1v) is 10.1. The van der Waals surface area contributed by atoms with Crippen LogP contribution in [-0.4, -0.2) is 27.2 Å². The minimum Gasteiger partial charge on any atom is -0.367 e. The van der Waals surface area contributed by atoms with E-state index in [0.717, 1.165) is 47.5 Å². The first kappa shape index (κ1) is 18.4.